The predicted octanol–water partition coefficient (Wildman–Crippen LogP) is 1.95. The molecule has 0 aliphatic heterocycles. The van der Waals surface area contributed by atoms with Crippen LogP contribution in [0.25, 0.3) is 0 Å². The van der Waals surface area contributed by atoms with Crippen LogP contribution in [0.1, 0.15) is 46.0 Å². The van der Waals surface area contributed by atoms with Gasteiger partial charge in [0, 0.05) is 12.5 Å². The largest absolute Gasteiger partial charge is 0.391 e. The molecule has 1 amide bonds. The monoisotopic (exact) mass is 239 g/mol. The quantitative estimate of drug-likeness (QED) is 0.770. The van der Waals surface area contributed by atoms with E-state index in [1.54, 1.807) is 0 Å². The number of aliphatic hydroxyl groups is 1. The van der Waals surface area contributed by atoms with Gasteiger partial charge in [-0.1, -0.05) is 26.7 Å². The molecule has 2 fully saturated rings. The molecule has 0 radical (unpaired) electrons. The van der Waals surface area contributed by atoms with Crippen LogP contribution in [-0.4, -0.2) is 23.7 Å². The number of nitrogens with one attached hydrogen (secondary N) is 1. The maximum atomic E-state index is 12.0. The lowest BCUT2D eigenvalue weighted by molar-refractivity contribution is -0.127. The van der Waals surface area contributed by atoms with Crippen LogP contribution >= 0.6 is 0 Å². The highest BCUT2D eigenvalue weighted by molar-refractivity contribution is 5.79. The van der Waals surface area contributed by atoms with E-state index in [1.807, 2.05) is 6.92 Å². The number of rotatable bonds is 5. The Hall–Kier alpha value is -0.570. The fourth-order valence-electron chi connectivity index (χ4n) is 3.38. The molecule has 98 valence electrons. The maximum absolute atomic E-state index is 12.0. The van der Waals surface area contributed by atoms with Gasteiger partial charge in [-0.15, -0.1) is 0 Å². The second kappa shape index (κ2) is 5.38. The van der Waals surface area contributed by atoms with Crippen molar-refractivity contribution in [2.24, 2.45) is 23.7 Å². The average Bonchev–Trinajstić information content (AvgIpc) is 2.96. The lowest BCUT2D eigenvalue weighted by Gasteiger charge is -2.23. The van der Waals surface area contributed by atoms with Crippen LogP contribution in [0.15, 0.2) is 0 Å². The Bertz CT molecular complexity index is 279. The summed E-state index contributed by atoms with van der Waals surface area (Å²) in [5.41, 5.74) is 0. The lowest BCUT2D eigenvalue weighted by atomic mass is 9.88. The second-order valence-electron chi connectivity index (χ2n) is 5.98. The van der Waals surface area contributed by atoms with Gasteiger partial charge in [-0.3, -0.25) is 4.79 Å². The number of fused-ring (bicyclic) bond motifs is 2. The molecular weight excluding hydrogens is 214 g/mol. The van der Waals surface area contributed by atoms with Gasteiger partial charge in [-0.05, 0) is 37.0 Å². The molecule has 0 aromatic rings. The molecule has 2 rings (SSSR count). The normalized spacial score (nSPS) is 34.6. The minimum Gasteiger partial charge on any atom is -0.391 e. The highest BCUT2D eigenvalue weighted by Gasteiger charge is 2.42. The standard InChI is InChI=1S/C14H25NO2/c1-3-9(2)13(16)8-15-14(17)12-7-10-4-5-11(12)6-10/h9-13,16H,3-8H2,1-2H3,(H,15,17). The van der Waals surface area contributed by atoms with Gasteiger partial charge in [-0.25, -0.2) is 0 Å². The predicted molar refractivity (Wildman–Crippen MR) is 67.4 cm³/mol. The van der Waals surface area contributed by atoms with Crippen LogP contribution in [-0.2, 0) is 4.79 Å². The van der Waals surface area contributed by atoms with E-state index in [1.165, 1.54) is 19.3 Å². The number of aliphatic hydroxyl groups excluding tert-OH is 1. The van der Waals surface area contributed by atoms with Gasteiger partial charge in [-0.2, -0.15) is 0 Å². The van der Waals surface area contributed by atoms with Crippen molar-refractivity contribution in [1.82, 2.24) is 5.32 Å². The fourth-order valence-corrected chi connectivity index (χ4v) is 3.38. The summed E-state index contributed by atoms with van der Waals surface area (Å²) in [7, 11) is 0. The molecule has 5 unspecified atom stereocenters. The molecule has 3 nitrogen and oxygen atoms in total. The Labute approximate surface area is 104 Å². The third-order valence-corrected chi connectivity index (χ3v) is 4.86. The Morgan fingerprint density at radius 2 is 2.18 bits per heavy atom. The van der Waals surface area contributed by atoms with Gasteiger partial charge >= 0.3 is 0 Å². The molecule has 2 aliphatic rings. The zero-order chi connectivity index (χ0) is 12.4. The summed E-state index contributed by atoms with van der Waals surface area (Å²) >= 11 is 0. The fraction of sp³-hybridized carbons (Fsp3) is 0.929. The first kappa shape index (κ1) is 12.9. The summed E-state index contributed by atoms with van der Waals surface area (Å²) in [4.78, 5) is 12.0. The van der Waals surface area contributed by atoms with E-state index in [2.05, 4.69) is 12.2 Å². The summed E-state index contributed by atoms with van der Waals surface area (Å²) in [6.45, 7) is 4.50. The molecule has 2 saturated carbocycles. The van der Waals surface area contributed by atoms with Gasteiger partial charge in [0.15, 0.2) is 0 Å². The number of carbonyl (C=O) groups is 1. The summed E-state index contributed by atoms with van der Waals surface area (Å²) in [5, 5.41) is 12.8. The summed E-state index contributed by atoms with van der Waals surface area (Å²) in [6.07, 6.45) is 5.44. The van der Waals surface area contributed by atoms with Crippen molar-refractivity contribution in [2.45, 2.75) is 52.1 Å². The third-order valence-electron chi connectivity index (χ3n) is 4.86. The summed E-state index contributed by atoms with van der Waals surface area (Å²) < 4.78 is 0. The number of hydrogen-bond donors (Lipinski definition) is 2. The van der Waals surface area contributed by atoms with Crippen LogP contribution in [0, 0.1) is 23.7 Å². The smallest absolute Gasteiger partial charge is 0.223 e. The Morgan fingerprint density at radius 3 is 2.71 bits per heavy atom. The van der Waals surface area contributed by atoms with Crippen molar-refractivity contribution in [3.63, 3.8) is 0 Å². The molecular formula is C14H25NO2. The molecule has 0 aromatic carbocycles. The van der Waals surface area contributed by atoms with E-state index in [0.29, 0.717) is 12.5 Å². The number of hydrogen-bond acceptors (Lipinski definition) is 2. The molecule has 0 heterocycles. The maximum Gasteiger partial charge on any atom is 0.223 e. The minimum atomic E-state index is -0.400. The SMILES string of the molecule is CCC(C)C(O)CNC(=O)C1CC2CCC1C2. The molecule has 0 saturated heterocycles. The van der Waals surface area contributed by atoms with E-state index in [0.717, 1.165) is 18.8 Å². The van der Waals surface area contributed by atoms with E-state index in [9.17, 15) is 9.90 Å². The first-order valence-electron chi connectivity index (χ1n) is 7.07. The van der Waals surface area contributed by atoms with Crippen molar-refractivity contribution in [1.29, 1.82) is 0 Å². The van der Waals surface area contributed by atoms with E-state index < -0.39 is 6.10 Å². The van der Waals surface area contributed by atoms with Gasteiger partial charge in [0.1, 0.15) is 0 Å². The molecule has 0 aromatic heterocycles. The Balaban J connectivity index is 1.74. The first-order chi connectivity index (χ1) is 8.11. The second-order valence-corrected chi connectivity index (χ2v) is 5.98. The molecule has 17 heavy (non-hydrogen) atoms. The average molecular weight is 239 g/mol. The molecule has 5 atom stereocenters. The van der Waals surface area contributed by atoms with Crippen molar-refractivity contribution in [2.75, 3.05) is 6.54 Å². The van der Waals surface area contributed by atoms with Crippen LogP contribution < -0.4 is 5.32 Å². The number of carbonyl (C=O) groups excluding carboxylic acids is 1. The lowest BCUT2D eigenvalue weighted by Crippen LogP contribution is -2.40. The van der Waals surface area contributed by atoms with Gasteiger partial charge in [0.2, 0.25) is 5.91 Å². The first-order valence-corrected chi connectivity index (χ1v) is 7.07. The molecule has 3 heteroatoms. The van der Waals surface area contributed by atoms with Gasteiger partial charge < -0.3 is 10.4 Å². The third kappa shape index (κ3) is 2.82. The van der Waals surface area contributed by atoms with Crippen molar-refractivity contribution in [3.05, 3.63) is 0 Å². The van der Waals surface area contributed by atoms with Crippen molar-refractivity contribution >= 4 is 5.91 Å². The van der Waals surface area contributed by atoms with Crippen molar-refractivity contribution in [3.8, 4) is 0 Å². The molecule has 2 N–H and O–H groups in total. The van der Waals surface area contributed by atoms with Crippen LogP contribution in [0.4, 0.5) is 0 Å². The number of amides is 1. The Kier molecular flexibility index (Phi) is 4.08. The topological polar surface area (TPSA) is 49.3 Å². The van der Waals surface area contributed by atoms with E-state index in [-0.39, 0.29) is 17.7 Å². The highest BCUT2D eigenvalue weighted by Crippen LogP contribution is 2.48. The zero-order valence-electron chi connectivity index (χ0n) is 11.0. The van der Waals surface area contributed by atoms with E-state index >= 15 is 0 Å². The minimum absolute atomic E-state index is 0.180. The molecule has 2 aliphatic carbocycles. The van der Waals surface area contributed by atoms with Gasteiger partial charge in [0.05, 0.1) is 6.10 Å². The van der Waals surface area contributed by atoms with Crippen LogP contribution in [0.2, 0.25) is 0 Å². The molecule has 2 bridgehead atoms. The van der Waals surface area contributed by atoms with E-state index in [4.69, 9.17) is 0 Å². The zero-order valence-corrected chi connectivity index (χ0v) is 11.0. The van der Waals surface area contributed by atoms with Gasteiger partial charge in [0.25, 0.3) is 0 Å². The van der Waals surface area contributed by atoms with Crippen LogP contribution in [0.3, 0.4) is 0 Å². The van der Waals surface area contributed by atoms with Crippen molar-refractivity contribution < 1.29 is 9.90 Å². The Morgan fingerprint density at radius 1 is 1.41 bits per heavy atom. The molecule has 0 spiro atoms. The summed E-state index contributed by atoms with van der Waals surface area (Å²) in [6, 6.07) is 0. The summed E-state index contributed by atoms with van der Waals surface area (Å²) in [5.74, 6) is 2.10. The van der Waals surface area contributed by atoms with Crippen LogP contribution in [0.5, 0.6) is 0 Å². The highest BCUT2D eigenvalue weighted by atomic mass is 16.3.